The number of amides is 1. The zero-order chi connectivity index (χ0) is 14.8. The Kier molecular flexibility index (Phi) is 4.18. The number of carbonyl (C=O) groups is 1. The molecule has 108 valence electrons. The molecular weight excluding hydrogens is 305 g/mol. The molecule has 0 aromatic heterocycles. The van der Waals surface area contributed by atoms with E-state index in [-0.39, 0.29) is 11.9 Å². The van der Waals surface area contributed by atoms with Crippen LogP contribution < -0.4 is 5.32 Å². The highest BCUT2D eigenvalue weighted by atomic mass is 35.5. The number of fused-ring (bicyclic) bond motifs is 1. The SMILES string of the molecule is O=C(Cc1ccc(Cl)c(Cl)c1)N[C@@H]1CCc2ccccc21. The quantitative estimate of drug-likeness (QED) is 0.895. The van der Waals surface area contributed by atoms with E-state index in [0.717, 1.165) is 18.4 Å². The Labute approximate surface area is 134 Å². The Morgan fingerprint density at radius 2 is 1.95 bits per heavy atom. The summed E-state index contributed by atoms with van der Waals surface area (Å²) < 4.78 is 0. The predicted molar refractivity (Wildman–Crippen MR) is 85.8 cm³/mol. The molecule has 1 atom stereocenters. The van der Waals surface area contributed by atoms with Crippen molar-refractivity contribution in [3.8, 4) is 0 Å². The number of halogens is 2. The molecule has 0 saturated carbocycles. The Morgan fingerprint density at radius 3 is 2.76 bits per heavy atom. The van der Waals surface area contributed by atoms with Gasteiger partial charge in [-0.3, -0.25) is 4.79 Å². The summed E-state index contributed by atoms with van der Waals surface area (Å²) in [4.78, 5) is 12.2. The normalized spacial score (nSPS) is 16.6. The van der Waals surface area contributed by atoms with Crippen molar-refractivity contribution < 1.29 is 4.79 Å². The summed E-state index contributed by atoms with van der Waals surface area (Å²) in [5.41, 5.74) is 3.44. The molecule has 0 radical (unpaired) electrons. The van der Waals surface area contributed by atoms with E-state index in [1.165, 1.54) is 11.1 Å². The third kappa shape index (κ3) is 3.22. The molecule has 2 aromatic rings. The van der Waals surface area contributed by atoms with Crippen LogP contribution in [0.15, 0.2) is 42.5 Å². The lowest BCUT2D eigenvalue weighted by Crippen LogP contribution is -2.28. The predicted octanol–water partition coefficient (Wildman–Crippen LogP) is 4.34. The first-order chi connectivity index (χ1) is 10.1. The summed E-state index contributed by atoms with van der Waals surface area (Å²) in [6, 6.07) is 13.7. The van der Waals surface area contributed by atoms with Crippen molar-refractivity contribution in [3.63, 3.8) is 0 Å². The number of hydrogen-bond donors (Lipinski definition) is 1. The van der Waals surface area contributed by atoms with Gasteiger partial charge in [-0.05, 0) is 41.7 Å². The fraction of sp³-hybridized carbons (Fsp3) is 0.235. The molecule has 3 rings (SSSR count). The van der Waals surface area contributed by atoms with Crippen LogP contribution in [-0.2, 0) is 17.6 Å². The van der Waals surface area contributed by atoms with E-state index >= 15 is 0 Å². The average molecular weight is 320 g/mol. The molecule has 0 unspecified atom stereocenters. The lowest BCUT2D eigenvalue weighted by molar-refractivity contribution is -0.121. The van der Waals surface area contributed by atoms with Crippen molar-refractivity contribution in [1.82, 2.24) is 5.32 Å². The summed E-state index contributed by atoms with van der Waals surface area (Å²) in [5.74, 6) is 0.00934. The monoisotopic (exact) mass is 319 g/mol. The van der Waals surface area contributed by atoms with Gasteiger partial charge in [0.25, 0.3) is 0 Å². The molecule has 0 aliphatic heterocycles. The van der Waals surface area contributed by atoms with Crippen molar-refractivity contribution in [2.75, 3.05) is 0 Å². The second-order valence-corrected chi connectivity index (χ2v) is 6.10. The Balaban J connectivity index is 1.66. The van der Waals surface area contributed by atoms with Crippen molar-refractivity contribution in [3.05, 3.63) is 69.2 Å². The smallest absolute Gasteiger partial charge is 0.224 e. The fourth-order valence-electron chi connectivity index (χ4n) is 2.79. The van der Waals surface area contributed by atoms with Crippen molar-refractivity contribution in [2.45, 2.75) is 25.3 Å². The maximum atomic E-state index is 12.2. The van der Waals surface area contributed by atoms with Crippen LogP contribution in [0.2, 0.25) is 10.0 Å². The van der Waals surface area contributed by atoms with Gasteiger partial charge in [0.05, 0.1) is 22.5 Å². The van der Waals surface area contributed by atoms with E-state index < -0.39 is 0 Å². The van der Waals surface area contributed by atoms with Gasteiger partial charge >= 0.3 is 0 Å². The first-order valence-corrected chi connectivity index (χ1v) is 7.70. The fourth-order valence-corrected chi connectivity index (χ4v) is 3.11. The first kappa shape index (κ1) is 14.4. The van der Waals surface area contributed by atoms with Crippen LogP contribution in [0.5, 0.6) is 0 Å². The number of benzene rings is 2. The van der Waals surface area contributed by atoms with Gasteiger partial charge in [0.1, 0.15) is 0 Å². The van der Waals surface area contributed by atoms with Gasteiger partial charge in [-0.25, -0.2) is 0 Å². The van der Waals surface area contributed by atoms with Crippen LogP contribution in [-0.4, -0.2) is 5.91 Å². The van der Waals surface area contributed by atoms with E-state index in [4.69, 9.17) is 23.2 Å². The van der Waals surface area contributed by atoms with Gasteiger partial charge in [-0.15, -0.1) is 0 Å². The van der Waals surface area contributed by atoms with Crippen molar-refractivity contribution in [1.29, 1.82) is 0 Å². The average Bonchev–Trinajstić information content (AvgIpc) is 2.86. The largest absolute Gasteiger partial charge is 0.349 e. The van der Waals surface area contributed by atoms with Crippen LogP contribution >= 0.6 is 23.2 Å². The number of aryl methyl sites for hydroxylation is 1. The van der Waals surface area contributed by atoms with Crippen LogP contribution in [0.3, 0.4) is 0 Å². The maximum absolute atomic E-state index is 12.2. The summed E-state index contributed by atoms with van der Waals surface area (Å²) in [6.45, 7) is 0. The summed E-state index contributed by atoms with van der Waals surface area (Å²) in [7, 11) is 0. The second-order valence-electron chi connectivity index (χ2n) is 5.28. The van der Waals surface area contributed by atoms with Crippen LogP contribution in [0.1, 0.15) is 29.2 Å². The van der Waals surface area contributed by atoms with Gasteiger partial charge < -0.3 is 5.32 Å². The van der Waals surface area contributed by atoms with Gasteiger partial charge in [0.15, 0.2) is 0 Å². The van der Waals surface area contributed by atoms with Gasteiger partial charge in [-0.2, -0.15) is 0 Å². The topological polar surface area (TPSA) is 29.1 Å². The maximum Gasteiger partial charge on any atom is 0.224 e. The van der Waals surface area contributed by atoms with Gasteiger partial charge in [-0.1, -0.05) is 53.5 Å². The molecule has 0 spiro atoms. The number of hydrogen-bond acceptors (Lipinski definition) is 1. The van der Waals surface area contributed by atoms with Gasteiger partial charge in [0.2, 0.25) is 5.91 Å². The number of carbonyl (C=O) groups excluding carboxylic acids is 1. The van der Waals surface area contributed by atoms with Crippen molar-refractivity contribution >= 4 is 29.1 Å². The van der Waals surface area contributed by atoms with E-state index in [9.17, 15) is 4.79 Å². The second kappa shape index (κ2) is 6.08. The highest BCUT2D eigenvalue weighted by Crippen LogP contribution is 2.30. The molecule has 1 aliphatic rings. The van der Waals surface area contributed by atoms with E-state index in [1.54, 1.807) is 12.1 Å². The highest BCUT2D eigenvalue weighted by Gasteiger charge is 2.23. The molecular formula is C17H15Cl2NO. The molecule has 21 heavy (non-hydrogen) atoms. The van der Waals surface area contributed by atoms with Crippen molar-refractivity contribution in [2.24, 2.45) is 0 Å². The third-order valence-corrected chi connectivity index (χ3v) is 4.56. The lowest BCUT2D eigenvalue weighted by atomic mass is 10.1. The van der Waals surface area contributed by atoms with Crippen LogP contribution in [0, 0.1) is 0 Å². The molecule has 2 nitrogen and oxygen atoms in total. The minimum absolute atomic E-state index is 0.00934. The molecule has 2 aromatic carbocycles. The molecule has 4 heteroatoms. The standard InChI is InChI=1S/C17H15Cl2NO/c18-14-7-5-11(9-15(14)19)10-17(21)20-16-8-6-12-3-1-2-4-13(12)16/h1-5,7,9,16H,6,8,10H2,(H,20,21)/t16-/m1/s1. The Morgan fingerprint density at radius 1 is 1.14 bits per heavy atom. The summed E-state index contributed by atoms with van der Waals surface area (Å²) >= 11 is 11.8. The minimum Gasteiger partial charge on any atom is -0.349 e. The lowest BCUT2D eigenvalue weighted by Gasteiger charge is -2.14. The summed E-state index contributed by atoms with van der Waals surface area (Å²) in [6.07, 6.45) is 2.30. The van der Waals surface area contributed by atoms with Gasteiger partial charge in [0, 0.05) is 0 Å². The molecule has 1 amide bonds. The molecule has 1 N–H and O–H groups in total. The Hall–Kier alpha value is -1.51. The molecule has 0 saturated heterocycles. The zero-order valence-electron chi connectivity index (χ0n) is 11.4. The first-order valence-electron chi connectivity index (χ1n) is 6.94. The summed E-state index contributed by atoms with van der Waals surface area (Å²) in [5, 5.41) is 4.09. The third-order valence-electron chi connectivity index (χ3n) is 3.82. The van der Waals surface area contributed by atoms with Crippen LogP contribution in [0.4, 0.5) is 0 Å². The highest BCUT2D eigenvalue weighted by molar-refractivity contribution is 6.42. The molecule has 0 fully saturated rings. The van der Waals surface area contributed by atoms with E-state index in [2.05, 4.69) is 17.4 Å². The number of nitrogens with one attached hydrogen (secondary N) is 1. The Bertz CT molecular complexity index is 684. The molecule has 0 heterocycles. The van der Waals surface area contributed by atoms with E-state index in [1.807, 2.05) is 18.2 Å². The molecule has 1 aliphatic carbocycles. The van der Waals surface area contributed by atoms with E-state index in [0.29, 0.717) is 16.5 Å². The number of rotatable bonds is 3. The zero-order valence-corrected chi connectivity index (χ0v) is 12.9. The van der Waals surface area contributed by atoms with Crippen LogP contribution in [0.25, 0.3) is 0 Å². The molecule has 0 bridgehead atoms. The minimum atomic E-state index is 0.00934.